The van der Waals surface area contributed by atoms with Crippen molar-refractivity contribution in [1.82, 2.24) is 4.31 Å². The summed E-state index contributed by atoms with van der Waals surface area (Å²) >= 11 is 0. The van der Waals surface area contributed by atoms with E-state index in [4.69, 9.17) is 4.74 Å². The first-order valence-corrected chi connectivity index (χ1v) is 12.8. The Morgan fingerprint density at radius 2 is 1.55 bits per heavy atom. The number of hydrogen-bond donors (Lipinski definition) is 2. The third-order valence-electron chi connectivity index (χ3n) is 5.47. The standard InChI is InChI=1S/C24H31N3O5S/c1-3-25-21-14-11-19(24(29)32-4-2)17-22(21)26-23(28)18-9-12-20(13-10-18)33(30,31)27-15-7-5-6-8-16-27/h9-14,17,25H,3-8,15-16H2,1-2H3,(H,26,28). The molecule has 0 aliphatic carbocycles. The Balaban J connectivity index is 1.79. The summed E-state index contributed by atoms with van der Waals surface area (Å²) in [5.41, 5.74) is 1.74. The number of anilines is 2. The fraction of sp³-hybridized carbons (Fsp3) is 0.417. The maximum Gasteiger partial charge on any atom is 0.338 e. The van der Waals surface area contributed by atoms with Crippen LogP contribution in [0.3, 0.4) is 0 Å². The number of carbonyl (C=O) groups excluding carboxylic acids is 2. The number of amides is 1. The molecule has 1 fully saturated rings. The largest absolute Gasteiger partial charge is 0.462 e. The number of sulfonamides is 1. The first kappa shape index (κ1) is 24.7. The normalized spacial score (nSPS) is 14.8. The maximum absolute atomic E-state index is 13.0. The van der Waals surface area contributed by atoms with E-state index in [1.807, 2.05) is 6.92 Å². The first-order valence-electron chi connectivity index (χ1n) is 11.3. The van der Waals surface area contributed by atoms with Gasteiger partial charge in [-0.15, -0.1) is 0 Å². The van der Waals surface area contributed by atoms with Crippen LogP contribution in [0, 0.1) is 0 Å². The molecular weight excluding hydrogens is 442 g/mol. The zero-order valence-corrected chi connectivity index (χ0v) is 19.9. The molecule has 3 rings (SSSR count). The fourth-order valence-electron chi connectivity index (χ4n) is 3.74. The molecule has 1 heterocycles. The van der Waals surface area contributed by atoms with Crippen molar-refractivity contribution < 1.29 is 22.7 Å². The van der Waals surface area contributed by atoms with Crippen molar-refractivity contribution in [2.24, 2.45) is 0 Å². The summed E-state index contributed by atoms with van der Waals surface area (Å²) in [4.78, 5) is 25.1. The number of carbonyl (C=O) groups is 2. The molecule has 0 atom stereocenters. The molecule has 178 valence electrons. The summed E-state index contributed by atoms with van der Waals surface area (Å²) in [6, 6.07) is 10.8. The molecule has 1 aliphatic heterocycles. The molecule has 1 amide bonds. The zero-order chi connectivity index (χ0) is 23.8. The van der Waals surface area contributed by atoms with Gasteiger partial charge in [-0.05, 0) is 69.2 Å². The SMILES string of the molecule is CCNc1ccc(C(=O)OCC)cc1NC(=O)c1ccc(S(=O)(=O)N2CCCCCC2)cc1. The summed E-state index contributed by atoms with van der Waals surface area (Å²) in [5.74, 6) is -0.881. The molecule has 1 aliphatic rings. The molecule has 8 nitrogen and oxygen atoms in total. The molecular formula is C24H31N3O5S. The summed E-state index contributed by atoms with van der Waals surface area (Å²) in [6.07, 6.45) is 3.80. The predicted octanol–water partition coefficient (Wildman–Crippen LogP) is 4.11. The smallest absolute Gasteiger partial charge is 0.338 e. The van der Waals surface area contributed by atoms with Crippen LogP contribution in [0.25, 0.3) is 0 Å². The molecule has 2 N–H and O–H groups in total. The van der Waals surface area contributed by atoms with E-state index >= 15 is 0 Å². The van der Waals surface area contributed by atoms with E-state index in [2.05, 4.69) is 10.6 Å². The lowest BCUT2D eigenvalue weighted by Gasteiger charge is -2.20. The van der Waals surface area contributed by atoms with Gasteiger partial charge < -0.3 is 15.4 Å². The highest BCUT2D eigenvalue weighted by Gasteiger charge is 2.25. The van der Waals surface area contributed by atoms with E-state index in [1.165, 1.54) is 28.6 Å². The second kappa shape index (κ2) is 11.3. The lowest BCUT2D eigenvalue weighted by Crippen LogP contribution is -2.31. The quantitative estimate of drug-likeness (QED) is 0.559. The Labute approximate surface area is 195 Å². The van der Waals surface area contributed by atoms with E-state index < -0.39 is 21.9 Å². The molecule has 0 saturated carbocycles. The Hall–Kier alpha value is -2.91. The van der Waals surface area contributed by atoms with Gasteiger partial charge in [0.15, 0.2) is 0 Å². The topological polar surface area (TPSA) is 105 Å². The Morgan fingerprint density at radius 3 is 2.15 bits per heavy atom. The van der Waals surface area contributed by atoms with Crippen LogP contribution < -0.4 is 10.6 Å². The minimum atomic E-state index is -3.58. The summed E-state index contributed by atoms with van der Waals surface area (Å²) in [5, 5.41) is 5.96. The Morgan fingerprint density at radius 1 is 0.909 bits per heavy atom. The number of ether oxygens (including phenoxy) is 1. The average molecular weight is 474 g/mol. The fourth-order valence-corrected chi connectivity index (χ4v) is 5.25. The molecule has 9 heteroatoms. The second-order valence-electron chi connectivity index (χ2n) is 7.81. The van der Waals surface area contributed by atoms with E-state index in [0.29, 0.717) is 42.1 Å². The Bertz CT molecular complexity index is 1080. The third-order valence-corrected chi connectivity index (χ3v) is 7.38. The van der Waals surface area contributed by atoms with Crippen molar-refractivity contribution in [1.29, 1.82) is 0 Å². The highest BCUT2D eigenvalue weighted by atomic mass is 32.2. The van der Waals surface area contributed by atoms with E-state index in [-0.39, 0.29) is 11.5 Å². The van der Waals surface area contributed by atoms with Crippen LogP contribution in [0.2, 0.25) is 0 Å². The molecule has 2 aromatic rings. The van der Waals surface area contributed by atoms with Crippen LogP contribution >= 0.6 is 0 Å². The van der Waals surface area contributed by atoms with Gasteiger partial charge in [0.2, 0.25) is 10.0 Å². The number of hydrogen-bond acceptors (Lipinski definition) is 6. The highest BCUT2D eigenvalue weighted by molar-refractivity contribution is 7.89. The van der Waals surface area contributed by atoms with Gasteiger partial charge in [0.25, 0.3) is 5.91 Å². The molecule has 0 spiro atoms. The van der Waals surface area contributed by atoms with Crippen molar-refractivity contribution in [2.75, 3.05) is 36.9 Å². The molecule has 1 saturated heterocycles. The van der Waals surface area contributed by atoms with Gasteiger partial charge in [0.05, 0.1) is 28.4 Å². The Kier molecular flexibility index (Phi) is 8.46. The van der Waals surface area contributed by atoms with Crippen LogP contribution in [-0.2, 0) is 14.8 Å². The molecule has 2 aromatic carbocycles. The monoisotopic (exact) mass is 473 g/mol. The van der Waals surface area contributed by atoms with Crippen LogP contribution in [0.5, 0.6) is 0 Å². The predicted molar refractivity (Wildman–Crippen MR) is 128 cm³/mol. The van der Waals surface area contributed by atoms with Crippen molar-refractivity contribution in [2.45, 2.75) is 44.4 Å². The maximum atomic E-state index is 13.0. The number of benzene rings is 2. The van der Waals surface area contributed by atoms with Gasteiger partial charge in [-0.3, -0.25) is 4.79 Å². The zero-order valence-electron chi connectivity index (χ0n) is 19.1. The van der Waals surface area contributed by atoms with Gasteiger partial charge in [-0.2, -0.15) is 4.31 Å². The van der Waals surface area contributed by atoms with Crippen LogP contribution in [0.1, 0.15) is 60.2 Å². The number of nitrogens with zero attached hydrogens (tertiary/aromatic N) is 1. The molecule has 33 heavy (non-hydrogen) atoms. The lowest BCUT2D eigenvalue weighted by molar-refractivity contribution is 0.0526. The average Bonchev–Trinajstić information content (AvgIpc) is 3.11. The molecule has 0 bridgehead atoms. The van der Waals surface area contributed by atoms with E-state index in [9.17, 15) is 18.0 Å². The van der Waals surface area contributed by atoms with E-state index in [0.717, 1.165) is 25.7 Å². The lowest BCUT2D eigenvalue weighted by atomic mass is 10.1. The van der Waals surface area contributed by atoms with Gasteiger partial charge in [0, 0.05) is 25.2 Å². The van der Waals surface area contributed by atoms with Crippen LogP contribution in [-0.4, -0.2) is 50.8 Å². The number of nitrogens with one attached hydrogen (secondary N) is 2. The molecule has 0 aromatic heterocycles. The van der Waals surface area contributed by atoms with Gasteiger partial charge in [-0.25, -0.2) is 13.2 Å². The minimum absolute atomic E-state index is 0.179. The minimum Gasteiger partial charge on any atom is -0.462 e. The summed E-state index contributed by atoms with van der Waals surface area (Å²) in [7, 11) is -3.58. The van der Waals surface area contributed by atoms with Crippen LogP contribution in [0.15, 0.2) is 47.4 Å². The summed E-state index contributed by atoms with van der Waals surface area (Å²) in [6.45, 7) is 5.58. The summed E-state index contributed by atoms with van der Waals surface area (Å²) < 4.78 is 32.5. The number of esters is 1. The van der Waals surface area contributed by atoms with Crippen molar-refractivity contribution >= 4 is 33.3 Å². The van der Waals surface area contributed by atoms with E-state index in [1.54, 1.807) is 25.1 Å². The highest BCUT2D eigenvalue weighted by Crippen LogP contribution is 2.25. The van der Waals surface area contributed by atoms with Crippen molar-refractivity contribution in [3.63, 3.8) is 0 Å². The van der Waals surface area contributed by atoms with Crippen molar-refractivity contribution in [3.05, 3.63) is 53.6 Å². The molecule has 0 radical (unpaired) electrons. The van der Waals surface area contributed by atoms with Gasteiger partial charge in [0.1, 0.15) is 0 Å². The number of rotatable bonds is 8. The second-order valence-corrected chi connectivity index (χ2v) is 9.75. The van der Waals surface area contributed by atoms with Gasteiger partial charge in [-0.1, -0.05) is 12.8 Å². The van der Waals surface area contributed by atoms with Gasteiger partial charge >= 0.3 is 5.97 Å². The third kappa shape index (κ3) is 6.11. The molecule has 0 unspecified atom stereocenters. The first-order chi connectivity index (χ1) is 15.9. The van der Waals surface area contributed by atoms with Crippen LogP contribution in [0.4, 0.5) is 11.4 Å². The van der Waals surface area contributed by atoms with Crippen molar-refractivity contribution in [3.8, 4) is 0 Å².